The zero-order chi connectivity index (χ0) is 29.8. The average Bonchev–Trinajstić information content (AvgIpc) is 2.91. The van der Waals surface area contributed by atoms with E-state index < -0.39 is 17.7 Å². The summed E-state index contributed by atoms with van der Waals surface area (Å²) in [6, 6.07) is 19.5. The number of nitrogens with zero attached hydrogens (tertiary/aromatic N) is 2. The van der Waals surface area contributed by atoms with E-state index in [0.29, 0.717) is 26.0 Å². The zero-order valence-corrected chi connectivity index (χ0v) is 25.1. The van der Waals surface area contributed by atoms with Crippen molar-refractivity contribution in [3.8, 4) is 5.75 Å². The van der Waals surface area contributed by atoms with Crippen molar-refractivity contribution in [2.45, 2.75) is 90.9 Å². The number of hydrogen-bond acceptors (Lipinski definition) is 5. The average molecular weight is 559 g/mol. The topological polar surface area (TPSA) is 89.0 Å². The van der Waals surface area contributed by atoms with E-state index in [1.807, 2.05) is 45.0 Å². The maximum absolute atomic E-state index is 13.5. The van der Waals surface area contributed by atoms with Crippen molar-refractivity contribution < 1.29 is 24.2 Å². The van der Waals surface area contributed by atoms with Crippen LogP contribution in [0.5, 0.6) is 5.75 Å². The van der Waals surface area contributed by atoms with Crippen molar-refractivity contribution in [1.29, 1.82) is 0 Å². The summed E-state index contributed by atoms with van der Waals surface area (Å²) in [5.41, 5.74) is 4.46. The van der Waals surface area contributed by atoms with Gasteiger partial charge in [0.1, 0.15) is 23.7 Å². The number of carboxylic acid groups (broad SMARTS) is 1. The summed E-state index contributed by atoms with van der Waals surface area (Å²) in [5, 5.41) is 9.42. The van der Waals surface area contributed by atoms with Crippen molar-refractivity contribution in [3.05, 3.63) is 94.3 Å². The van der Waals surface area contributed by atoms with Gasteiger partial charge in [0, 0.05) is 12.2 Å². The SMILES string of the molecule is CC(C)(C)OC(=O)N(CCc1ccccc1OCc1ccc(C(C)(C)C)cc1)C1CCCc2nc(C(=O)O)ccc21. The van der Waals surface area contributed by atoms with Gasteiger partial charge in [-0.1, -0.05) is 69.3 Å². The van der Waals surface area contributed by atoms with Gasteiger partial charge in [0.15, 0.2) is 0 Å². The quantitative estimate of drug-likeness (QED) is 0.308. The lowest BCUT2D eigenvalue weighted by atomic mass is 9.87. The summed E-state index contributed by atoms with van der Waals surface area (Å²) >= 11 is 0. The minimum Gasteiger partial charge on any atom is -0.489 e. The van der Waals surface area contributed by atoms with Crippen molar-refractivity contribution >= 4 is 12.1 Å². The van der Waals surface area contributed by atoms with Crippen molar-refractivity contribution in [2.75, 3.05) is 6.54 Å². The summed E-state index contributed by atoms with van der Waals surface area (Å²) < 4.78 is 12.1. The molecule has 0 aliphatic heterocycles. The third kappa shape index (κ3) is 7.87. The number of aryl methyl sites for hydroxylation is 1. The van der Waals surface area contributed by atoms with Crippen LogP contribution < -0.4 is 4.74 Å². The molecule has 7 heteroatoms. The van der Waals surface area contributed by atoms with Gasteiger partial charge >= 0.3 is 12.1 Å². The normalized spacial score (nSPS) is 15.1. The highest BCUT2D eigenvalue weighted by atomic mass is 16.6. The molecule has 7 nitrogen and oxygen atoms in total. The third-order valence-electron chi connectivity index (χ3n) is 7.29. The summed E-state index contributed by atoms with van der Waals surface area (Å²) in [6.45, 7) is 13.0. The first-order chi connectivity index (χ1) is 19.3. The number of para-hydroxylation sites is 1. The highest BCUT2D eigenvalue weighted by molar-refractivity contribution is 5.85. The first kappa shape index (κ1) is 30.1. The van der Waals surface area contributed by atoms with Crippen LogP contribution in [0, 0.1) is 0 Å². The number of rotatable bonds is 8. The van der Waals surface area contributed by atoms with Gasteiger partial charge in [0.05, 0.1) is 6.04 Å². The van der Waals surface area contributed by atoms with Crippen LogP contribution >= 0.6 is 0 Å². The fourth-order valence-corrected chi connectivity index (χ4v) is 5.13. The molecule has 1 unspecified atom stereocenters. The van der Waals surface area contributed by atoms with Crippen molar-refractivity contribution in [2.24, 2.45) is 0 Å². The van der Waals surface area contributed by atoms with Gasteiger partial charge < -0.3 is 19.5 Å². The molecule has 3 aromatic rings. The van der Waals surface area contributed by atoms with E-state index in [2.05, 4.69) is 50.0 Å². The van der Waals surface area contributed by atoms with Crippen LogP contribution in [-0.4, -0.2) is 39.2 Å². The Morgan fingerprint density at radius 3 is 2.34 bits per heavy atom. The number of hydrogen-bond donors (Lipinski definition) is 1. The van der Waals surface area contributed by atoms with Crippen LogP contribution in [0.25, 0.3) is 0 Å². The van der Waals surface area contributed by atoms with Gasteiger partial charge in [0.2, 0.25) is 0 Å². The van der Waals surface area contributed by atoms with Crippen LogP contribution in [0.15, 0.2) is 60.7 Å². The first-order valence-electron chi connectivity index (χ1n) is 14.3. The molecule has 1 aliphatic rings. The number of aromatic nitrogens is 1. The largest absolute Gasteiger partial charge is 0.489 e. The van der Waals surface area contributed by atoms with E-state index in [0.717, 1.165) is 41.0 Å². The lowest BCUT2D eigenvalue weighted by Crippen LogP contribution is -2.41. The molecule has 0 radical (unpaired) electrons. The fraction of sp³-hybridized carbons (Fsp3) is 0.441. The van der Waals surface area contributed by atoms with E-state index in [4.69, 9.17) is 9.47 Å². The molecule has 1 N–H and O–H groups in total. The number of ether oxygens (including phenoxy) is 2. The Morgan fingerprint density at radius 2 is 1.68 bits per heavy atom. The van der Waals surface area contributed by atoms with Gasteiger partial charge in [-0.05, 0) is 86.3 Å². The molecule has 0 saturated carbocycles. The van der Waals surface area contributed by atoms with E-state index >= 15 is 0 Å². The fourth-order valence-electron chi connectivity index (χ4n) is 5.13. The minimum atomic E-state index is -1.05. The van der Waals surface area contributed by atoms with Crippen LogP contribution in [-0.2, 0) is 29.6 Å². The van der Waals surface area contributed by atoms with Crippen LogP contribution in [0.1, 0.15) is 98.9 Å². The van der Waals surface area contributed by atoms with Crippen LogP contribution in [0.3, 0.4) is 0 Å². The lowest BCUT2D eigenvalue weighted by molar-refractivity contribution is 0.0140. The molecule has 0 spiro atoms. The first-order valence-corrected chi connectivity index (χ1v) is 14.3. The van der Waals surface area contributed by atoms with Gasteiger partial charge in [0.25, 0.3) is 0 Å². The molecule has 2 aromatic carbocycles. The van der Waals surface area contributed by atoms with E-state index in [1.165, 1.54) is 11.6 Å². The predicted octanol–water partition coefficient (Wildman–Crippen LogP) is 7.51. The molecule has 0 fully saturated rings. The second-order valence-electron chi connectivity index (χ2n) is 12.7. The van der Waals surface area contributed by atoms with E-state index in [-0.39, 0.29) is 17.2 Å². The highest BCUT2D eigenvalue weighted by Crippen LogP contribution is 2.35. The molecule has 41 heavy (non-hydrogen) atoms. The Morgan fingerprint density at radius 1 is 0.976 bits per heavy atom. The summed E-state index contributed by atoms with van der Waals surface area (Å²) in [7, 11) is 0. The monoisotopic (exact) mass is 558 g/mol. The molecular formula is C34H42N2O5. The number of amides is 1. The number of carbonyl (C=O) groups is 2. The number of pyridine rings is 1. The Labute approximate surface area is 243 Å². The minimum absolute atomic E-state index is 0.0207. The molecule has 1 atom stereocenters. The van der Waals surface area contributed by atoms with Gasteiger partial charge in [-0.15, -0.1) is 0 Å². The summed E-state index contributed by atoms with van der Waals surface area (Å²) in [5.74, 6) is -0.269. The Balaban J connectivity index is 1.53. The molecule has 218 valence electrons. The smallest absolute Gasteiger partial charge is 0.410 e. The molecule has 1 amide bonds. The molecule has 1 aliphatic carbocycles. The van der Waals surface area contributed by atoms with Gasteiger partial charge in [-0.3, -0.25) is 0 Å². The third-order valence-corrected chi connectivity index (χ3v) is 7.29. The lowest BCUT2D eigenvalue weighted by Gasteiger charge is -2.36. The van der Waals surface area contributed by atoms with Crippen LogP contribution in [0.2, 0.25) is 0 Å². The second-order valence-corrected chi connectivity index (χ2v) is 12.7. The van der Waals surface area contributed by atoms with Crippen molar-refractivity contribution in [1.82, 2.24) is 9.88 Å². The second kappa shape index (κ2) is 12.3. The Hall–Kier alpha value is -3.87. The Kier molecular flexibility index (Phi) is 9.05. The Bertz CT molecular complexity index is 1370. The number of carbonyl (C=O) groups excluding carboxylic acids is 1. The molecule has 1 heterocycles. The standard InChI is InChI=1S/C34H42N2O5/c1-33(2,3)25-16-14-23(15-17-25)22-40-30-13-8-7-10-24(30)20-21-36(32(39)41-34(4,5)6)29-12-9-11-27-26(29)18-19-28(35-27)31(37)38/h7-8,10,13-19,29H,9,11-12,20-22H2,1-6H3,(H,37,38). The number of fused-ring (bicyclic) bond motifs is 1. The maximum atomic E-state index is 13.5. The number of benzene rings is 2. The molecule has 0 saturated heterocycles. The summed E-state index contributed by atoms with van der Waals surface area (Å²) in [4.78, 5) is 31.2. The zero-order valence-electron chi connectivity index (χ0n) is 25.1. The number of carboxylic acids is 1. The van der Waals surface area contributed by atoms with E-state index in [1.54, 1.807) is 11.0 Å². The number of aromatic carboxylic acids is 1. The van der Waals surface area contributed by atoms with Gasteiger partial charge in [-0.25, -0.2) is 14.6 Å². The highest BCUT2D eigenvalue weighted by Gasteiger charge is 2.33. The molecule has 4 rings (SSSR count). The van der Waals surface area contributed by atoms with Crippen molar-refractivity contribution in [3.63, 3.8) is 0 Å². The van der Waals surface area contributed by atoms with E-state index in [9.17, 15) is 14.7 Å². The molecule has 1 aromatic heterocycles. The molecular weight excluding hydrogens is 516 g/mol. The summed E-state index contributed by atoms with van der Waals surface area (Å²) in [6.07, 6.45) is 2.42. The van der Waals surface area contributed by atoms with Gasteiger partial charge in [-0.2, -0.15) is 0 Å². The van der Waals surface area contributed by atoms with Crippen LogP contribution in [0.4, 0.5) is 4.79 Å². The maximum Gasteiger partial charge on any atom is 0.410 e. The molecule has 0 bridgehead atoms. The predicted molar refractivity (Wildman–Crippen MR) is 159 cm³/mol.